The molecule has 116 valence electrons. The topological polar surface area (TPSA) is 15.3 Å². The molecule has 0 radical (unpaired) electrons. The molecule has 1 N–H and O–H groups in total. The lowest BCUT2D eigenvalue weighted by atomic mass is 10.0. The third kappa shape index (κ3) is 4.82. The van der Waals surface area contributed by atoms with Crippen LogP contribution >= 0.6 is 0 Å². The molecule has 2 fully saturated rings. The zero-order valence-electron chi connectivity index (χ0n) is 13.5. The molecule has 1 heterocycles. The first-order chi connectivity index (χ1) is 10.3. The number of hydrogen-bond donors (Lipinski definition) is 1. The first-order valence-corrected chi connectivity index (χ1v) is 8.87. The van der Waals surface area contributed by atoms with Gasteiger partial charge in [0, 0.05) is 19.1 Å². The van der Waals surface area contributed by atoms with E-state index in [1.807, 2.05) is 0 Å². The average molecular weight is 286 g/mol. The van der Waals surface area contributed by atoms with E-state index in [-0.39, 0.29) is 0 Å². The van der Waals surface area contributed by atoms with Crippen LogP contribution in [0.15, 0.2) is 24.3 Å². The van der Waals surface area contributed by atoms with E-state index in [1.165, 1.54) is 62.7 Å². The fourth-order valence-corrected chi connectivity index (χ4v) is 3.48. The summed E-state index contributed by atoms with van der Waals surface area (Å²) in [7, 11) is 0. The molecule has 0 aromatic heterocycles. The minimum absolute atomic E-state index is 0.829. The second kappa shape index (κ2) is 7.42. The SMILES string of the molecule is CCCC1CCN(Cc2ccc(CCNC3CC3)cc2)C1. The molecule has 21 heavy (non-hydrogen) atoms. The number of hydrogen-bond acceptors (Lipinski definition) is 2. The molecule has 1 unspecified atom stereocenters. The minimum atomic E-state index is 0.829. The van der Waals surface area contributed by atoms with Gasteiger partial charge in [0.2, 0.25) is 0 Å². The summed E-state index contributed by atoms with van der Waals surface area (Å²) in [6, 6.07) is 10.1. The van der Waals surface area contributed by atoms with E-state index < -0.39 is 0 Å². The first kappa shape index (κ1) is 15.1. The maximum Gasteiger partial charge on any atom is 0.0233 e. The fourth-order valence-electron chi connectivity index (χ4n) is 3.48. The van der Waals surface area contributed by atoms with E-state index in [4.69, 9.17) is 0 Å². The van der Waals surface area contributed by atoms with E-state index >= 15 is 0 Å². The molecule has 0 bridgehead atoms. The predicted octanol–water partition coefficient (Wildman–Crippen LogP) is 3.60. The lowest BCUT2D eigenvalue weighted by Gasteiger charge is -2.16. The zero-order chi connectivity index (χ0) is 14.5. The summed E-state index contributed by atoms with van der Waals surface area (Å²) < 4.78 is 0. The Balaban J connectivity index is 1.41. The maximum absolute atomic E-state index is 3.59. The van der Waals surface area contributed by atoms with Gasteiger partial charge in [-0.05, 0) is 62.2 Å². The monoisotopic (exact) mass is 286 g/mol. The van der Waals surface area contributed by atoms with Crippen molar-refractivity contribution in [3.63, 3.8) is 0 Å². The van der Waals surface area contributed by atoms with Crippen LogP contribution in [0, 0.1) is 5.92 Å². The van der Waals surface area contributed by atoms with Crippen molar-refractivity contribution in [1.29, 1.82) is 0 Å². The van der Waals surface area contributed by atoms with Gasteiger partial charge < -0.3 is 5.32 Å². The van der Waals surface area contributed by atoms with Crippen LogP contribution in [0.2, 0.25) is 0 Å². The Morgan fingerprint density at radius 3 is 2.57 bits per heavy atom. The van der Waals surface area contributed by atoms with Crippen molar-refractivity contribution in [2.24, 2.45) is 5.92 Å². The normalized spacial score (nSPS) is 22.8. The molecule has 1 atom stereocenters. The van der Waals surface area contributed by atoms with Gasteiger partial charge in [0.1, 0.15) is 0 Å². The Kier molecular flexibility index (Phi) is 5.32. The highest BCUT2D eigenvalue weighted by Crippen LogP contribution is 2.22. The minimum Gasteiger partial charge on any atom is -0.314 e. The molecule has 1 aromatic rings. The van der Waals surface area contributed by atoms with Crippen LogP contribution < -0.4 is 5.32 Å². The summed E-state index contributed by atoms with van der Waals surface area (Å²) >= 11 is 0. The van der Waals surface area contributed by atoms with Gasteiger partial charge in [0.15, 0.2) is 0 Å². The van der Waals surface area contributed by atoms with Gasteiger partial charge in [-0.1, -0.05) is 37.6 Å². The van der Waals surface area contributed by atoms with Crippen molar-refractivity contribution in [3.05, 3.63) is 35.4 Å². The van der Waals surface area contributed by atoms with Crippen molar-refractivity contribution in [2.75, 3.05) is 19.6 Å². The van der Waals surface area contributed by atoms with Gasteiger partial charge >= 0.3 is 0 Å². The van der Waals surface area contributed by atoms with E-state index in [2.05, 4.69) is 41.4 Å². The van der Waals surface area contributed by atoms with E-state index in [9.17, 15) is 0 Å². The number of benzene rings is 1. The number of nitrogens with one attached hydrogen (secondary N) is 1. The summed E-state index contributed by atoms with van der Waals surface area (Å²) in [6.07, 6.45) is 8.07. The third-order valence-corrected chi connectivity index (χ3v) is 4.92. The molecule has 2 nitrogen and oxygen atoms in total. The second-order valence-corrected chi connectivity index (χ2v) is 6.97. The summed E-state index contributed by atoms with van der Waals surface area (Å²) in [4.78, 5) is 2.63. The molecular weight excluding hydrogens is 256 g/mol. The quantitative estimate of drug-likeness (QED) is 0.785. The molecule has 0 amide bonds. The van der Waals surface area contributed by atoms with E-state index in [1.54, 1.807) is 0 Å². The van der Waals surface area contributed by atoms with Crippen LogP contribution in [0.4, 0.5) is 0 Å². The smallest absolute Gasteiger partial charge is 0.0233 e. The largest absolute Gasteiger partial charge is 0.314 e. The second-order valence-electron chi connectivity index (χ2n) is 6.97. The number of rotatable bonds is 8. The zero-order valence-corrected chi connectivity index (χ0v) is 13.5. The molecular formula is C19H30N2. The van der Waals surface area contributed by atoms with Crippen LogP contribution in [0.5, 0.6) is 0 Å². The van der Waals surface area contributed by atoms with Crippen LogP contribution in [-0.4, -0.2) is 30.6 Å². The Hall–Kier alpha value is -0.860. The Bertz CT molecular complexity index is 422. The number of likely N-dealkylation sites (tertiary alicyclic amines) is 1. The average Bonchev–Trinajstić information content (AvgIpc) is 3.21. The molecule has 1 saturated heterocycles. The van der Waals surface area contributed by atoms with Crippen molar-refractivity contribution in [3.8, 4) is 0 Å². The molecule has 1 aliphatic carbocycles. The first-order valence-electron chi connectivity index (χ1n) is 8.87. The van der Waals surface area contributed by atoms with Crippen molar-refractivity contribution in [1.82, 2.24) is 10.2 Å². The van der Waals surface area contributed by atoms with Crippen molar-refractivity contribution < 1.29 is 0 Å². The summed E-state index contributed by atoms with van der Waals surface area (Å²) in [5.74, 6) is 0.947. The highest BCUT2D eigenvalue weighted by atomic mass is 15.1. The molecule has 2 heteroatoms. The molecule has 1 aliphatic heterocycles. The van der Waals surface area contributed by atoms with Crippen LogP contribution in [0.3, 0.4) is 0 Å². The predicted molar refractivity (Wildman–Crippen MR) is 89.5 cm³/mol. The van der Waals surface area contributed by atoms with E-state index in [0.717, 1.165) is 25.0 Å². The van der Waals surface area contributed by atoms with Crippen molar-refractivity contribution in [2.45, 2.75) is 58.0 Å². The summed E-state index contributed by atoms with van der Waals surface area (Å²) in [5.41, 5.74) is 2.95. The highest BCUT2D eigenvalue weighted by Gasteiger charge is 2.21. The maximum atomic E-state index is 3.59. The van der Waals surface area contributed by atoms with Gasteiger partial charge in [-0.3, -0.25) is 4.90 Å². The lowest BCUT2D eigenvalue weighted by molar-refractivity contribution is 0.313. The third-order valence-electron chi connectivity index (χ3n) is 4.92. The molecule has 0 spiro atoms. The van der Waals surface area contributed by atoms with Gasteiger partial charge in [-0.15, -0.1) is 0 Å². The van der Waals surface area contributed by atoms with Crippen LogP contribution in [0.25, 0.3) is 0 Å². The Morgan fingerprint density at radius 2 is 1.86 bits per heavy atom. The van der Waals surface area contributed by atoms with Gasteiger partial charge in [0.25, 0.3) is 0 Å². The van der Waals surface area contributed by atoms with Crippen LogP contribution in [-0.2, 0) is 13.0 Å². The van der Waals surface area contributed by atoms with Crippen LogP contribution in [0.1, 0.15) is 50.2 Å². The highest BCUT2D eigenvalue weighted by molar-refractivity contribution is 5.23. The van der Waals surface area contributed by atoms with E-state index in [0.29, 0.717) is 0 Å². The summed E-state index contributed by atoms with van der Waals surface area (Å²) in [6.45, 7) is 7.17. The van der Waals surface area contributed by atoms with Gasteiger partial charge in [0.05, 0.1) is 0 Å². The molecule has 1 saturated carbocycles. The fraction of sp³-hybridized carbons (Fsp3) is 0.684. The molecule has 2 aliphatic rings. The molecule has 3 rings (SSSR count). The standard InChI is InChI=1S/C19H30N2/c1-2-3-17-11-13-21(14-17)15-18-6-4-16(5-7-18)10-12-20-19-8-9-19/h4-7,17,19-20H,2-3,8-15H2,1H3. The van der Waals surface area contributed by atoms with Crippen molar-refractivity contribution >= 4 is 0 Å². The van der Waals surface area contributed by atoms with Gasteiger partial charge in [-0.25, -0.2) is 0 Å². The lowest BCUT2D eigenvalue weighted by Crippen LogP contribution is -2.20. The molecule has 1 aromatic carbocycles. The Morgan fingerprint density at radius 1 is 1.10 bits per heavy atom. The summed E-state index contributed by atoms with van der Waals surface area (Å²) in [5, 5.41) is 3.59. The number of nitrogens with zero attached hydrogens (tertiary/aromatic N) is 1. The Labute approximate surface area is 129 Å². The van der Waals surface area contributed by atoms with Gasteiger partial charge in [-0.2, -0.15) is 0 Å².